The van der Waals surface area contributed by atoms with E-state index in [0.29, 0.717) is 39.6 Å². The van der Waals surface area contributed by atoms with Gasteiger partial charge in [-0.3, -0.25) is 4.79 Å². The summed E-state index contributed by atoms with van der Waals surface area (Å²) in [5.74, 6) is 1.04. The number of nitrogens with zero attached hydrogens (tertiary/aromatic N) is 1. The predicted molar refractivity (Wildman–Crippen MR) is 90.5 cm³/mol. The number of nitrogens with one attached hydrogen (secondary N) is 1. The Balaban J connectivity index is 1.84. The molecule has 0 spiro atoms. The van der Waals surface area contributed by atoms with Crippen molar-refractivity contribution in [1.29, 1.82) is 0 Å². The van der Waals surface area contributed by atoms with Gasteiger partial charge in [-0.15, -0.1) is 0 Å². The van der Waals surface area contributed by atoms with Gasteiger partial charge in [0.2, 0.25) is 5.91 Å². The van der Waals surface area contributed by atoms with Crippen LogP contribution in [0, 0.1) is 11.8 Å². The zero-order chi connectivity index (χ0) is 16.9. The van der Waals surface area contributed by atoms with Crippen LogP contribution in [0.25, 0.3) is 0 Å². The van der Waals surface area contributed by atoms with Crippen LogP contribution in [0.5, 0.6) is 0 Å². The normalized spacial score (nSPS) is 15.8. The molecule has 0 atom stereocenters. The third-order valence-corrected chi connectivity index (χ3v) is 3.84. The number of hydrogen-bond acceptors (Lipinski definition) is 5. The Morgan fingerprint density at radius 2 is 1.70 bits per heavy atom. The molecule has 6 heteroatoms. The monoisotopic (exact) mass is 330 g/mol. The number of carbonyl (C=O) groups is 1. The van der Waals surface area contributed by atoms with Crippen LogP contribution in [-0.4, -0.2) is 76.6 Å². The lowest BCUT2D eigenvalue weighted by atomic mass is 9.98. The molecule has 23 heavy (non-hydrogen) atoms. The second kappa shape index (κ2) is 12.7. The number of hydrogen-bond donors (Lipinski definition) is 1. The van der Waals surface area contributed by atoms with E-state index in [1.807, 2.05) is 6.92 Å². The topological polar surface area (TPSA) is 60.0 Å². The Labute approximate surface area is 140 Å². The molecule has 136 valence electrons. The second-order valence-corrected chi connectivity index (χ2v) is 6.35. The fraction of sp³-hybridized carbons (Fsp3) is 0.941. The largest absolute Gasteiger partial charge is 0.379 e. The molecule has 0 radical (unpaired) electrons. The number of amides is 1. The van der Waals surface area contributed by atoms with Crippen molar-refractivity contribution in [1.82, 2.24) is 10.2 Å². The Kier molecular flexibility index (Phi) is 11.2. The van der Waals surface area contributed by atoms with E-state index in [-0.39, 0.29) is 11.8 Å². The second-order valence-electron chi connectivity index (χ2n) is 6.35. The van der Waals surface area contributed by atoms with Crippen LogP contribution in [0.2, 0.25) is 0 Å². The van der Waals surface area contributed by atoms with E-state index >= 15 is 0 Å². The third-order valence-electron chi connectivity index (χ3n) is 3.84. The number of rotatable bonds is 14. The van der Waals surface area contributed by atoms with Gasteiger partial charge in [-0.2, -0.15) is 0 Å². The Hall–Kier alpha value is -0.690. The minimum absolute atomic E-state index is 0.155. The summed E-state index contributed by atoms with van der Waals surface area (Å²) in [6.45, 7) is 13.5. The van der Waals surface area contributed by atoms with Gasteiger partial charge in [0.25, 0.3) is 0 Å². The number of carbonyl (C=O) groups excluding carboxylic acids is 1. The zero-order valence-electron chi connectivity index (χ0n) is 15.0. The molecule has 1 amide bonds. The van der Waals surface area contributed by atoms with Crippen molar-refractivity contribution < 1.29 is 19.0 Å². The third kappa shape index (κ3) is 9.91. The smallest absolute Gasteiger partial charge is 0.225 e. The van der Waals surface area contributed by atoms with Crippen LogP contribution in [-0.2, 0) is 19.0 Å². The maximum atomic E-state index is 11.9. The van der Waals surface area contributed by atoms with Crippen LogP contribution in [0.4, 0.5) is 0 Å². The van der Waals surface area contributed by atoms with E-state index in [1.165, 1.54) is 6.42 Å². The summed E-state index contributed by atoms with van der Waals surface area (Å²) >= 11 is 0. The van der Waals surface area contributed by atoms with Gasteiger partial charge in [0.1, 0.15) is 0 Å². The minimum atomic E-state index is 0.155. The van der Waals surface area contributed by atoms with E-state index in [1.54, 1.807) is 0 Å². The van der Waals surface area contributed by atoms with Crippen molar-refractivity contribution in [2.75, 3.05) is 65.8 Å². The molecule has 1 aliphatic heterocycles. The van der Waals surface area contributed by atoms with Crippen LogP contribution < -0.4 is 5.32 Å². The molecular weight excluding hydrogens is 296 g/mol. The highest BCUT2D eigenvalue weighted by Gasteiger charge is 2.31. The highest BCUT2D eigenvalue weighted by atomic mass is 16.5. The van der Waals surface area contributed by atoms with Gasteiger partial charge in [0.05, 0.1) is 39.0 Å². The lowest BCUT2D eigenvalue weighted by Crippen LogP contribution is -2.54. The van der Waals surface area contributed by atoms with Gasteiger partial charge in [-0.25, -0.2) is 0 Å². The SMILES string of the molecule is CCOCCOCCOCCNC(=O)C1CN(CCC(C)C)C1. The van der Waals surface area contributed by atoms with E-state index in [4.69, 9.17) is 14.2 Å². The first kappa shape index (κ1) is 20.4. The molecule has 1 heterocycles. The zero-order valence-corrected chi connectivity index (χ0v) is 15.0. The van der Waals surface area contributed by atoms with Gasteiger partial charge in [0.15, 0.2) is 0 Å². The van der Waals surface area contributed by atoms with Crippen molar-refractivity contribution in [3.05, 3.63) is 0 Å². The summed E-state index contributed by atoms with van der Waals surface area (Å²) < 4.78 is 15.9. The van der Waals surface area contributed by atoms with Crippen molar-refractivity contribution in [3.8, 4) is 0 Å². The van der Waals surface area contributed by atoms with E-state index < -0.39 is 0 Å². The summed E-state index contributed by atoms with van der Waals surface area (Å²) in [6.07, 6.45) is 1.20. The first-order valence-corrected chi connectivity index (χ1v) is 8.86. The van der Waals surface area contributed by atoms with Gasteiger partial charge < -0.3 is 24.4 Å². The minimum Gasteiger partial charge on any atom is -0.379 e. The summed E-state index contributed by atoms with van der Waals surface area (Å²) in [5.41, 5.74) is 0. The Bertz CT molecular complexity index is 307. The standard InChI is InChI=1S/C17H34N2O4/c1-4-21-9-10-23-12-11-22-8-6-18-17(20)16-13-19(14-16)7-5-15(2)3/h15-16H,4-14H2,1-3H3,(H,18,20). The van der Waals surface area contributed by atoms with E-state index in [2.05, 4.69) is 24.1 Å². The summed E-state index contributed by atoms with van der Waals surface area (Å²) in [5, 5.41) is 2.94. The quantitative estimate of drug-likeness (QED) is 0.484. The first-order chi connectivity index (χ1) is 11.1. The maximum Gasteiger partial charge on any atom is 0.225 e. The van der Waals surface area contributed by atoms with Crippen molar-refractivity contribution >= 4 is 5.91 Å². The summed E-state index contributed by atoms with van der Waals surface area (Å²) in [6, 6.07) is 0. The molecule has 1 saturated heterocycles. The molecule has 1 N–H and O–H groups in total. The molecule has 0 aromatic rings. The lowest BCUT2D eigenvalue weighted by Gasteiger charge is -2.38. The van der Waals surface area contributed by atoms with Crippen molar-refractivity contribution in [3.63, 3.8) is 0 Å². The van der Waals surface area contributed by atoms with Gasteiger partial charge in [-0.1, -0.05) is 13.8 Å². The van der Waals surface area contributed by atoms with Crippen LogP contribution in [0.1, 0.15) is 27.2 Å². The highest BCUT2D eigenvalue weighted by Crippen LogP contribution is 2.16. The summed E-state index contributed by atoms with van der Waals surface area (Å²) in [7, 11) is 0. The number of ether oxygens (including phenoxy) is 3. The van der Waals surface area contributed by atoms with Gasteiger partial charge >= 0.3 is 0 Å². The predicted octanol–water partition coefficient (Wildman–Crippen LogP) is 1.15. The average Bonchev–Trinajstić information content (AvgIpc) is 2.47. The molecule has 0 unspecified atom stereocenters. The van der Waals surface area contributed by atoms with E-state index in [0.717, 1.165) is 32.2 Å². The van der Waals surface area contributed by atoms with Gasteiger partial charge in [0, 0.05) is 26.2 Å². The van der Waals surface area contributed by atoms with Crippen molar-refractivity contribution in [2.45, 2.75) is 27.2 Å². The maximum absolute atomic E-state index is 11.9. The molecule has 0 aliphatic carbocycles. The van der Waals surface area contributed by atoms with Crippen molar-refractivity contribution in [2.24, 2.45) is 11.8 Å². The van der Waals surface area contributed by atoms with Crippen LogP contribution >= 0.6 is 0 Å². The molecule has 6 nitrogen and oxygen atoms in total. The molecule has 1 rings (SSSR count). The molecular formula is C17H34N2O4. The Morgan fingerprint density at radius 3 is 2.30 bits per heavy atom. The summed E-state index contributed by atoms with van der Waals surface area (Å²) in [4.78, 5) is 14.3. The molecule has 1 fully saturated rings. The fourth-order valence-corrected chi connectivity index (χ4v) is 2.33. The van der Waals surface area contributed by atoms with Crippen LogP contribution in [0.15, 0.2) is 0 Å². The molecule has 0 bridgehead atoms. The molecule has 0 saturated carbocycles. The molecule has 1 aliphatic rings. The van der Waals surface area contributed by atoms with E-state index in [9.17, 15) is 4.79 Å². The molecule has 0 aromatic heterocycles. The first-order valence-electron chi connectivity index (χ1n) is 8.86. The average molecular weight is 330 g/mol. The fourth-order valence-electron chi connectivity index (χ4n) is 2.33. The molecule has 0 aromatic carbocycles. The number of likely N-dealkylation sites (tertiary alicyclic amines) is 1. The lowest BCUT2D eigenvalue weighted by molar-refractivity contribution is -0.130. The highest BCUT2D eigenvalue weighted by molar-refractivity contribution is 5.79. The Morgan fingerprint density at radius 1 is 1.09 bits per heavy atom. The van der Waals surface area contributed by atoms with Gasteiger partial charge in [-0.05, 0) is 25.8 Å². The van der Waals surface area contributed by atoms with Crippen LogP contribution in [0.3, 0.4) is 0 Å².